The zero-order chi connectivity index (χ0) is 15.0. The monoisotopic (exact) mass is 278 g/mol. The third-order valence-electron chi connectivity index (χ3n) is 3.38. The summed E-state index contributed by atoms with van der Waals surface area (Å²) in [5, 5.41) is 3.59. The van der Waals surface area contributed by atoms with Crippen LogP contribution < -0.4 is 5.32 Å². The lowest BCUT2D eigenvalue weighted by atomic mass is 10.1. The smallest absolute Gasteiger partial charge is 0.0630 e. The van der Waals surface area contributed by atoms with E-state index in [0.29, 0.717) is 6.04 Å². The van der Waals surface area contributed by atoms with Crippen molar-refractivity contribution in [3.8, 4) is 0 Å². The fourth-order valence-electron chi connectivity index (χ4n) is 2.23. The van der Waals surface area contributed by atoms with Crippen LogP contribution in [0.4, 0.5) is 0 Å². The highest BCUT2D eigenvalue weighted by Crippen LogP contribution is 2.09. The Labute approximate surface area is 124 Å². The SMILES string of the molecule is CCN(Cc1ccccc1)C(CNC(C)(C)C)COC. The van der Waals surface area contributed by atoms with Crippen LogP contribution in [-0.4, -0.2) is 43.3 Å². The van der Waals surface area contributed by atoms with Crippen molar-refractivity contribution in [1.82, 2.24) is 10.2 Å². The fraction of sp³-hybridized carbons (Fsp3) is 0.647. The maximum Gasteiger partial charge on any atom is 0.0630 e. The summed E-state index contributed by atoms with van der Waals surface area (Å²) < 4.78 is 5.41. The van der Waals surface area contributed by atoms with Crippen molar-refractivity contribution < 1.29 is 4.74 Å². The van der Waals surface area contributed by atoms with Crippen molar-refractivity contribution in [2.45, 2.75) is 45.8 Å². The van der Waals surface area contributed by atoms with Gasteiger partial charge in [-0.05, 0) is 32.9 Å². The van der Waals surface area contributed by atoms with E-state index < -0.39 is 0 Å². The number of methoxy groups -OCH3 is 1. The molecule has 0 radical (unpaired) electrons. The van der Waals surface area contributed by atoms with Gasteiger partial charge in [0.15, 0.2) is 0 Å². The summed E-state index contributed by atoms with van der Waals surface area (Å²) in [6.45, 7) is 12.5. The molecular formula is C17H30N2O. The Bertz CT molecular complexity index is 359. The molecule has 0 heterocycles. The average Bonchev–Trinajstić information content (AvgIpc) is 2.41. The lowest BCUT2D eigenvalue weighted by molar-refractivity contribution is 0.0839. The Morgan fingerprint density at radius 2 is 1.85 bits per heavy atom. The van der Waals surface area contributed by atoms with E-state index in [4.69, 9.17) is 4.74 Å². The molecule has 1 atom stereocenters. The molecule has 0 aromatic heterocycles. The van der Waals surface area contributed by atoms with Crippen LogP contribution in [0.15, 0.2) is 30.3 Å². The van der Waals surface area contributed by atoms with E-state index in [1.807, 2.05) is 0 Å². The van der Waals surface area contributed by atoms with E-state index in [9.17, 15) is 0 Å². The van der Waals surface area contributed by atoms with Crippen LogP contribution in [0.3, 0.4) is 0 Å². The van der Waals surface area contributed by atoms with Crippen LogP contribution in [-0.2, 0) is 11.3 Å². The molecule has 0 bridgehead atoms. The summed E-state index contributed by atoms with van der Waals surface area (Å²) in [5.41, 5.74) is 1.49. The summed E-state index contributed by atoms with van der Waals surface area (Å²) in [6.07, 6.45) is 0. The zero-order valence-electron chi connectivity index (χ0n) is 13.6. The molecule has 20 heavy (non-hydrogen) atoms. The number of hydrogen-bond donors (Lipinski definition) is 1. The van der Waals surface area contributed by atoms with E-state index in [1.54, 1.807) is 7.11 Å². The summed E-state index contributed by atoms with van der Waals surface area (Å²) >= 11 is 0. The molecular weight excluding hydrogens is 248 g/mol. The first-order chi connectivity index (χ1) is 9.46. The number of benzene rings is 1. The third-order valence-corrected chi connectivity index (χ3v) is 3.38. The van der Waals surface area contributed by atoms with E-state index in [2.05, 4.69) is 68.2 Å². The first kappa shape index (κ1) is 17.2. The van der Waals surface area contributed by atoms with Gasteiger partial charge in [-0.1, -0.05) is 37.3 Å². The molecule has 0 amide bonds. The standard InChI is InChI=1S/C17H30N2O/c1-6-19(13-15-10-8-7-9-11-15)16(14-20-5)12-18-17(2,3)4/h7-11,16,18H,6,12-14H2,1-5H3. The zero-order valence-corrected chi connectivity index (χ0v) is 13.6. The molecule has 0 aliphatic heterocycles. The molecule has 1 unspecified atom stereocenters. The van der Waals surface area contributed by atoms with Gasteiger partial charge in [-0.2, -0.15) is 0 Å². The van der Waals surface area contributed by atoms with Crippen molar-refractivity contribution >= 4 is 0 Å². The highest BCUT2D eigenvalue weighted by Gasteiger charge is 2.19. The summed E-state index contributed by atoms with van der Waals surface area (Å²) in [7, 11) is 1.78. The summed E-state index contributed by atoms with van der Waals surface area (Å²) in [5.74, 6) is 0. The van der Waals surface area contributed by atoms with E-state index >= 15 is 0 Å². The molecule has 0 aliphatic rings. The van der Waals surface area contributed by atoms with Gasteiger partial charge in [0.25, 0.3) is 0 Å². The number of ether oxygens (including phenoxy) is 1. The molecule has 0 aliphatic carbocycles. The Balaban J connectivity index is 2.65. The van der Waals surface area contributed by atoms with Gasteiger partial charge in [0, 0.05) is 31.8 Å². The van der Waals surface area contributed by atoms with Gasteiger partial charge in [-0.3, -0.25) is 4.90 Å². The van der Waals surface area contributed by atoms with Gasteiger partial charge in [-0.15, -0.1) is 0 Å². The average molecular weight is 278 g/mol. The second kappa shape index (κ2) is 8.40. The third kappa shape index (κ3) is 6.51. The van der Waals surface area contributed by atoms with Crippen LogP contribution in [0.1, 0.15) is 33.3 Å². The summed E-state index contributed by atoms with van der Waals surface area (Å²) in [6, 6.07) is 11.0. The highest BCUT2D eigenvalue weighted by molar-refractivity contribution is 5.14. The molecule has 1 aromatic carbocycles. The van der Waals surface area contributed by atoms with E-state index in [-0.39, 0.29) is 5.54 Å². The predicted molar refractivity (Wildman–Crippen MR) is 85.9 cm³/mol. The van der Waals surface area contributed by atoms with Crippen molar-refractivity contribution in [2.75, 3.05) is 26.8 Å². The minimum atomic E-state index is 0.137. The molecule has 1 N–H and O–H groups in total. The van der Waals surface area contributed by atoms with Crippen LogP contribution in [0.25, 0.3) is 0 Å². The Morgan fingerprint density at radius 3 is 2.35 bits per heavy atom. The largest absolute Gasteiger partial charge is 0.383 e. The lowest BCUT2D eigenvalue weighted by Gasteiger charge is -2.33. The first-order valence-corrected chi connectivity index (χ1v) is 7.48. The number of hydrogen-bond acceptors (Lipinski definition) is 3. The van der Waals surface area contributed by atoms with Crippen LogP contribution >= 0.6 is 0 Å². The lowest BCUT2D eigenvalue weighted by Crippen LogP contribution is -2.49. The number of rotatable bonds is 8. The number of likely N-dealkylation sites (N-methyl/N-ethyl adjacent to an activating group) is 1. The van der Waals surface area contributed by atoms with Gasteiger partial charge >= 0.3 is 0 Å². The maximum absolute atomic E-state index is 5.41. The van der Waals surface area contributed by atoms with Gasteiger partial charge in [-0.25, -0.2) is 0 Å². The molecule has 3 nitrogen and oxygen atoms in total. The molecule has 1 aromatic rings. The van der Waals surface area contributed by atoms with Gasteiger partial charge < -0.3 is 10.1 Å². The molecule has 0 saturated carbocycles. The minimum absolute atomic E-state index is 0.137. The highest BCUT2D eigenvalue weighted by atomic mass is 16.5. The van der Waals surface area contributed by atoms with Crippen molar-refractivity contribution in [3.63, 3.8) is 0 Å². The van der Waals surface area contributed by atoms with E-state index in [1.165, 1.54) is 5.56 Å². The second-order valence-electron chi connectivity index (χ2n) is 6.29. The first-order valence-electron chi connectivity index (χ1n) is 7.48. The molecule has 1 rings (SSSR count). The van der Waals surface area contributed by atoms with E-state index in [0.717, 1.165) is 26.2 Å². The number of nitrogens with one attached hydrogen (secondary N) is 1. The second-order valence-corrected chi connectivity index (χ2v) is 6.29. The van der Waals surface area contributed by atoms with Gasteiger partial charge in [0.1, 0.15) is 0 Å². The van der Waals surface area contributed by atoms with Crippen LogP contribution in [0.2, 0.25) is 0 Å². The van der Waals surface area contributed by atoms with Gasteiger partial charge in [0.05, 0.1) is 6.61 Å². The van der Waals surface area contributed by atoms with Crippen LogP contribution in [0, 0.1) is 0 Å². The minimum Gasteiger partial charge on any atom is -0.383 e. The Kier molecular flexibility index (Phi) is 7.20. The summed E-state index contributed by atoms with van der Waals surface area (Å²) in [4.78, 5) is 2.47. The maximum atomic E-state index is 5.41. The Morgan fingerprint density at radius 1 is 1.20 bits per heavy atom. The molecule has 0 saturated heterocycles. The fourth-order valence-corrected chi connectivity index (χ4v) is 2.23. The molecule has 0 spiro atoms. The quantitative estimate of drug-likeness (QED) is 0.791. The normalized spacial score (nSPS) is 13.7. The van der Waals surface area contributed by atoms with Crippen molar-refractivity contribution in [1.29, 1.82) is 0 Å². The molecule has 114 valence electrons. The molecule has 0 fully saturated rings. The van der Waals surface area contributed by atoms with Crippen molar-refractivity contribution in [3.05, 3.63) is 35.9 Å². The predicted octanol–water partition coefficient (Wildman–Crippen LogP) is 2.91. The topological polar surface area (TPSA) is 24.5 Å². The molecule has 3 heteroatoms. The Hall–Kier alpha value is -0.900. The number of nitrogens with zero attached hydrogens (tertiary/aromatic N) is 1. The van der Waals surface area contributed by atoms with Gasteiger partial charge in [0.2, 0.25) is 0 Å². The van der Waals surface area contributed by atoms with Crippen molar-refractivity contribution in [2.24, 2.45) is 0 Å². The van der Waals surface area contributed by atoms with Crippen LogP contribution in [0.5, 0.6) is 0 Å².